The lowest BCUT2D eigenvalue weighted by Gasteiger charge is -2.13. The van der Waals surface area contributed by atoms with Gasteiger partial charge in [-0.1, -0.05) is 48.5 Å². The number of hydrogen-bond donors (Lipinski definition) is 2. The van der Waals surface area contributed by atoms with E-state index in [1.807, 2.05) is 12.1 Å². The first-order chi connectivity index (χ1) is 10.3. The van der Waals surface area contributed by atoms with Gasteiger partial charge >= 0.3 is 0 Å². The molecule has 0 aliphatic heterocycles. The van der Waals surface area contributed by atoms with E-state index in [-0.39, 0.29) is 6.04 Å². The molecule has 21 heavy (non-hydrogen) atoms. The number of nitrogens with two attached hydrogens (primary N) is 1. The van der Waals surface area contributed by atoms with Crippen LogP contribution in [0.1, 0.15) is 29.3 Å². The maximum Gasteiger partial charge on any atom is 0.137 e. The second-order valence-electron chi connectivity index (χ2n) is 5.39. The molecule has 1 atom stereocenters. The molecule has 0 spiro atoms. The lowest BCUT2D eigenvalue weighted by molar-refractivity contribution is 0.416. The second kappa shape index (κ2) is 6.12. The fraction of sp³-hybridized carbons (Fsp3) is 0.222. The van der Waals surface area contributed by atoms with Gasteiger partial charge in [0.2, 0.25) is 0 Å². The van der Waals surface area contributed by atoms with Crippen molar-refractivity contribution in [2.24, 2.45) is 5.84 Å². The van der Waals surface area contributed by atoms with Crippen molar-refractivity contribution < 1.29 is 4.42 Å². The van der Waals surface area contributed by atoms with E-state index in [1.54, 1.807) is 0 Å². The standard InChI is InChI=1S/C18H20N2O/c1-13-6-5-9-15-12-17(21-18(13)15)16(20-19)11-10-14-7-3-2-4-8-14/h2-9,12,16,20H,10-11,19H2,1H3. The summed E-state index contributed by atoms with van der Waals surface area (Å²) in [5.41, 5.74) is 6.29. The van der Waals surface area contributed by atoms with E-state index >= 15 is 0 Å². The van der Waals surface area contributed by atoms with Crippen LogP contribution >= 0.6 is 0 Å². The molecule has 2 aromatic carbocycles. The summed E-state index contributed by atoms with van der Waals surface area (Å²) in [5, 5.41) is 1.13. The molecule has 3 rings (SSSR count). The van der Waals surface area contributed by atoms with Gasteiger partial charge in [0, 0.05) is 5.39 Å². The predicted molar refractivity (Wildman–Crippen MR) is 85.8 cm³/mol. The lowest BCUT2D eigenvalue weighted by Crippen LogP contribution is -2.28. The molecule has 1 aromatic heterocycles. The minimum Gasteiger partial charge on any atom is -0.459 e. The third-order valence-electron chi connectivity index (χ3n) is 3.87. The number of aryl methyl sites for hydroxylation is 2. The number of hydrazine groups is 1. The summed E-state index contributed by atoms with van der Waals surface area (Å²) in [6, 6.07) is 18.7. The molecule has 0 radical (unpaired) electrons. The first-order valence-electron chi connectivity index (χ1n) is 7.27. The van der Waals surface area contributed by atoms with E-state index < -0.39 is 0 Å². The summed E-state index contributed by atoms with van der Waals surface area (Å²) in [6.07, 6.45) is 1.87. The van der Waals surface area contributed by atoms with Crippen LogP contribution in [0, 0.1) is 6.92 Å². The average molecular weight is 280 g/mol. The molecule has 0 fully saturated rings. The molecule has 0 amide bonds. The zero-order valence-electron chi connectivity index (χ0n) is 12.2. The molecule has 1 heterocycles. The molecular formula is C18H20N2O. The highest BCUT2D eigenvalue weighted by Crippen LogP contribution is 2.28. The zero-order valence-corrected chi connectivity index (χ0v) is 12.2. The molecule has 3 nitrogen and oxygen atoms in total. The Bertz CT molecular complexity index is 718. The van der Waals surface area contributed by atoms with E-state index in [4.69, 9.17) is 10.3 Å². The van der Waals surface area contributed by atoms with Crippen molar-refractivity contribution >= 4 is 11.0 Å². The van der Waals surface area contributed by atoms with Crippen molar-refractivity contribution in [3.63, 3.8) is 0 Å². The Morgan fingerprint density at radius 2 is 1.90 bits per heavy atom. The molecule has 0 saturated heterocycles. The first-order valence-corrected chi connectivity index (χ1v) is 7.27. The summed E-state index contributed by atoms with van der Waals surface area (Å²) < 4.78 is 6.00. The Hall–Kier alpha value is -2.10. The summed E-state index contributed by atoms with van der Waals surface area (Å²) in [6.45, 7) is 2.06. The normalized spacial score (nSPS) is 12.7. The van der Waals surface area contributed by atoms with Gasteiger partial charge in [0.15, 0.2) is 0 Å². The number of rotatable bonds is 5. The van der Waals surface area contributed by atoms with E-state index in [0.29, 0.717) is 0 Å². The molecular weight excluding hydrogens is 260 g/mol. The maximum absolute atomic E-state index is 6.00. The average Bonchev–Trinajstić information content (AvgIpc) is 2.94. The molecule has 3 N–H and O–H groups in total. The topological polar surface area (TPSA) is 51.2 Å². The number of hydrogen-bond acceptors (Lipinski definition) is 3. The van der Waals surface area contributed by atoms with Crippen LogP contribution in [-0.4, -0.2) is 0 Å². The smallest absolute Gasteiger partial charge is 0.137 e. The van der Waals surface area contributed by atoms with Gasteiger partial charge in [0.05, 0.1) is 6.04 Å². The molecule has 3 aromatic rings. The third-order valence-corrected chi connectivity index (χ3v) is 3.87. The number of nitrogens with one attached hydrogen (secondary N) is 1. The van der Waals surface area contributed by atoms with Gasteiger partial charge in [0.25, 0.3) is 0 Å². The maximum atomic E-state index is 6.00. The minimum absolute atomic E-state index is 0.0250. The molecule has 0 aliphatic rings. The van der Waals surface area contributed by atoms with Crippen LogP contribution < -0.4 is 11.3 Å². The zero-order chi connectivity index (χ0) is 14.7. The molecule has 0 saturated carbocycles. The number of para-hydroxylation sites is 1. The van der Waals surface area contributed by atoms with E-state index in [2.05, 4.69) is 54.8 Å². The van der Waals surface area contributed by atoms with Gasteiger partial charge < -0.3 is 4.42 Å². The Kier molecular flexibility index (Phi) is 4.04. The second-order valence-corrected chi connectivity index (χ2v) is 5.39. The fourth-order valence-electron chi connectivity index (χ4n) is 2.66. The Morgan fingerprint density at radius 1 is 1.10 bits per heavy atom. The summed E-state index contributed by atoms with van der Waals surface area (Å²) >= 11 is 0. The predicted octanol–water partition coefficient (Wildman–Crippen LogP) is 3.88. The highest BCUT2D eigenvalue weighted by Gasteiger charge is 2.15. The molecule has 0 aliphatic carbocycles. The van der Waals surface area contributed by atoms with Gasteiger partial charge in [-0.25, -0.2) is 5.43 Å². The Balaban J connectivity index is 1.80. The first kappa shape index (κ1) is 13.9. The highest BCUT2D eigenvalue weighted by molar-refractivity contribution is 5.80. The van der Waals surface area contributed by atoms with Crippen molar-refractivity contribution in [1.29, 1.82) is 0 Å². The quantitative estimate of drug-likeness (QED) is 0.551. The van der Waals surface area contributed by atoms with Gasteiger partial charge in [0.1, 0.15) is 11.3 Å². The fourth-order valence-corrected chi connectivity index (χ4v) is 2.66. The van der Waals surface area contributed by atoms with Crippen LogP contribution in [0.5, 0.6) is 0 Å². The lowest BCUT2D eigenvalue weighted by atomic mass is 10.0. The van der Waals surface area contributed by atoms with E-state index in [1.165, 1.54) is 5.56 Å². The van der Waals surface area contributed by atoms with Crippen LogP contribution in [0.3, 0.4) is 0 Å². The molecule has 1 unspecified atom stereocenters. The molecule has 0 bridgehead atoms. The van der Waals surface area contributed by atoms with E-state index in [0.717, 1.165) is 35.1 Å². The minimum atomic E-state index is 0.0250. The van der Waals surface area contributed by atoms with E-state index in [9.17, 15) is 0 Å². The van der Waals surface area contributed by atoms with Crippen molar-refractivity contribution in [2.75, 3.05) is 0 Å². The third kappa shape index (κ3) is 2.99. The highest BCUT2D eigenvalue weighted by atomic mass is 16.3. The monoisotopic (exact) mass is 280 g/mol. The van der Waals surface area contributed by atoms with Crippen LogP contribution in [0.4, 0.5) is 0 Å². The van der Waals surface area contributed by atoms with Crippen molar-refractivity contribution in [2.45, 2.75) is 25.8 Å². The number of fused-ring (bicyclic) bond motifs is 1. The van der Waals surface area contributed by atoms with Crippen LogP contribution in [0.15, 0.2) is 59.0 Å². The summed E-state index contributed by atoms with van der Waals surface area (Å²) in [4.78, 5) is 0. The largest absolute Gasteiger partial charge is 0.459 e. The van der Waals surface area contributed by atoms with Gasteiger partial charge in [-0.2, -0.15) is 0 Å². The van der Waals surface area contributed by atoms with Crippen molar-refractivity contribution in [1.82, 2.24) is 5.43 Å². The molecule has 108 valence electrons. The molecule has 3 heteroatoms. The Morgan fingerprint density at radius 3 is 2.62 bits per heavy atom. The van der Waals surface area contributed by atoms with Crippen LogP contribution in [-0.2, 0) is 6.42 Å². The van der Waals surface area contributed by atoms with Gasteiger partial charge in [-0.15, -0.1) is 0 Å². The number of benzene rings is 2. The number of furan rings is 1. The SMILES string of the molecule is Cc1cccc2cc(C(CCc3ccccc3)NN)oc12. The van der Waals surface area contributed by atoms with Crippen molar-refractivity contribution in [3.05, 3.63) is 71.5 Å². The van der Waals surface area contributed by atoms with Crippen LogP contribution in [0.25, 0.3) is 11.0 Å². The van der Waals surface area contributed by atoms with Gasteiger partial charge in [-0.05, 0) is 37.0 Å². The Labute approximate surface area is 124 Å². The van der Waals surface area contributed by atoms with Crippen molar-refractivity contribution in [3.8, 4) is 0 Å². The summed E-state index contributed by atoms with van der Waals surface area (Å²) in [7, 11) is 0. The van der Waals surface area contributed by atoms with Crippen LogP contribution in [0.2, 0.25) is 0 Å². The summed E-state index contributed by atoms with van der Waals surface area (Å²) in [5.74, 6) is 6.62. The van der Waals surface area contributed by atoms with Gasteiger partial charge in [-0.3, -0.25) is 5.84 Å².